The fourth-order valence-electron chi connectivity index (χ4n) is 0.782. The normalized spacial score (nSPS) is 22.2. The molecule has 0 spiro atoms. The number of rotatable bonds is 0. The summed E-state index contributed by atoms with van der Waals surface area (Å²) in [5.41, 5.74) is 0.183. The zero-order chi connectivity index (χ0) is 7.45. The van der Waals surface area contributed by atoms with Crippen molar-refractivity contribution < 1.29 is 0 Å². The van der Waals surface area contributed by atoms with Gasteiger partial charge in [-0.2, -0.15) is 0 Å². The highest BCUT2D eigenvalue weighted by molar-refractivity contribution is 5.76. The Hall–Kier alpha value is -0.920. The molecule has 2 nitrogen and oxygen atoms in total. The Labute approximate surface area is 61.4 Å². The zero-order valence-electron chi connectivity index (χ0n) is 6.41. The third-order valence-corrected chi connectivity index (χ3v) is 1.39. The summed E-state index contributed by atoms with van der Waals surface area (Å²) in [5.74, 6) is 0. The zero-order valence-corrected chi connectivity index (χ0v) is 6.41. The van der Waals surface area contributed by atoms with Crippen molar-refractivity contribution in [3.8, 4) is 0 Å². The first-order valence-corrected chi connectivity index (χ1v) is 3.42. The van der Waals surface area contributed by atoms with Gasteiger partial charge in [-0.1, -0.05) is 19.9 Å². The van der Waals surface area contributed by atoms with Gasteiger partial charge in [0.15, 0.2) is 0 Å². The maximum Gasteiger partial charge on any atom is 0.114 e. The molecule has 0 unspecified atom stereocenters. The Morgan fingerprint density at radius 2 is 2.10 bits per heavy atom. The average molecular weight is 136 g/mol. The molecule has 0 aromatic carbocycles. The summed E-state index contributed by atoms with van der Waals surface area (Å²) in [6.07, 6.45) is 8.35. The molecule has 1 aliphatic heterocycles. The lowest BCUT2D eigenvalue weighted by Gasteiger charge is -2.15. The molecule has 10 heavy (non-hydrogen) atoms. The number of hydrogen-bond donors (Lipinski definition) is 0. The predicted octanol–water partition coefficient (Wildman–Crippen LogP) is 2.03. The van der Waals surface area contributed by atoms with Crippen molar-refractivity contribution in [2.45, 2.75) is 20.3 Å². The van der Waals surface area contributed by atoms with Crippen LogP contribution in [0, 0.1) is 5.41 Å². The van der Waals surface area contributed by atoms with Crippen molar-refractivity contribution in [3.63, 3.8) is 0 Å². The van der Waals surface area contributed by atoms with Gasteiger partial charge in [-0.05, 0) is 6.42 Å². The SMILES string of the molecule is CC1(C)C=NC=NC=CC1. The molecule has 0 radical (unpaired) electrons. The minimum absolute atomic E-state index is 0.183. The maximum atomic E-state index is 4.02. The molecule has 0 fully saturated rings. The molecular formula is C8H12N2. The fraction of sp³-hybridized carbons (Fsp3) is 0.500. The van der Waals surface area contributed by atoms with E-state index >= 15 is 0 Å². The standard InChI is InChI=1S/C8H12N2/c1-8(2)4-3-5-9-7-10-6-8/h3,5-7H,4H2,1-2H3. The van der Waals surface area contributed by atoms with Crippen molar-refractivity contribution in [3.05, 3.63) is 12.3 Å². The maximum absolute atomic E-state index is 4.02. The Morgan fingerprint density at radius 3 is 2.90 bits per heavy atom. The third-order valence-electron chi connectivity index (χ3n) is 1.39. The second-order valence-corrected chi connectivity index (χ2v) is 3.12. The highest BCUT2D eigenvalue weighted by atomic mass is 14.8. The second kappa shape index (κ2) is 2.78. The highest BCUT2D eigenvalue weighted by Crippen LogP contribution is 2.18. The van der Waals surface area contributed by atoms with Gasteiger partial charge < -0.3 is 0 Å². The molecule has 1 rings (SSSR count). The van der Waals surface area contributed by atoms with Crippen molar-refractivity contribution in [1.82, 2.24) is 0 Å². The van der Waals surface area contributed by atoms with Gasteiger partial charge in [0.25, 0.3) is 0 Å². The van der Waals surface area contributed by atoms with Crippen molar-refractivity contribution >= 4 is 12.6 Å². The number of allylic oxidation sites excluding steroid dienone is 1. The lowest BCUT2D eigenvalue weighted by atomic mass is 9.91. The molecule has 0 atom stereocenters. The largest absolute Gasteiger partial charge is 0.249 e. The number of aliphatic imine (C=N–C) groups is 2. The molecule has 0 aromatic rings. The van der Waals surface area contributed by atoms with Crippen molar-refractivity contribution in [2.24, 2.45) is 15.4 Å². The van der Waals surface area contributed by atoms with Crippen LogP contribution in [-0.2, 0) is 0 Å². The predicted molar refractivity (Wildman–Crippen MR) is 44.5 cm³/mol. The molecule has 2 heteroatoms. The van der Waals surface area contributed by atoms with E-state index in [4.69, 9.17) is 0 Å². The molecule has 0 aliphatic carbocycles. The third kappa shape index (κ3) is 2.13. The summed E-state index contributed by atoms with van der Waals surface area (Å²) in [6, 6.07) is 0. The Bertz CT molecular complexity index is 187. The van der Waals surface area contributed by atoms with E-state index in [1.165, 1.54) is 0 Å². The van der Waals surface area contributed by atoms with Gasteiger partial charge in [0.2, 0.25) is 0 Å². The van der Waals surface area contributed by atoms with Crippen LogP contribution in [0.15, 0.2) is 22.3 Å². The van der Waals surface area contributed by atoms with E-state index in [2.05, 4.69) is 29.9 Å². The fourth-order valence-corrected chi connectivity index (χ4v) is 0.782. The Morgan fingerprint density at radius 1 is 1.30 bits per heavy atom. The molecule has 1 aliphatic rings. The van der Waals surface area contributed by atoms with E-state index < -0.39 is 0 Å². The monoisotopic (exact) mass is 136 g/mol. The number of hydrogen-bond acceptors (Lipinski definition) is 2. The van der Waals surface area contributed by atoms with Gasteiger partial charge in [0.05, 0.1) is 0 Å². The molecule has 54 valence electrons. The Kier molecular flexibility index (Phi) is 2.00. The second-order valence-electron chi connectivity index (χ2n) is 3.12. The minimum atomic E-state index is 0.183. The van der Waals surface area contributed by atoms with E-state index in [1.807, 2.05) is 6.21 Å². The summed E-state index contributed by atoms with van der Waals surface area (Å²) < 4.78 is 0. The molecule has 0 saturated heterocycles. The average Bonchev–Trinajstić information content (AvgIpc) is 1.81. The molecule has 0 aromatic heterocycles. The van der Waals surface area contributed by atoms with Crippen LogP contribution in [0.5, 0.6) is 0 Å². The molecule has 0 bridgehead atoms. The van der Waals surface area contributed by atoms with E-state index in [1.54, 1.807) is 12.5 Å². The van der Waals surface area contributed by atoms with Crippen molar-refractivity contribution in [1.29, 1.82) is 0 Å². The Balaban J connectivity index is 2.74. The van der Waals surface area contributed by atoms with Gasteiger partial charge in [-0.3, -0.25) is 0 Å². The van der Waals surface area contributed by atoms with Gasteiger partial charge in [-0.25, -0.2) is 9.98 Å². The molecule has 1 heterocycles. The van der Waals surface area contributed by atoms with Gasteiger partial charge in [0, 0.05) is 17.8 Å². The van der Waals surface area contributed by atoms with Crippen LogP contribution in [0.3, 0.4) is 0 Å². The van der Waals surface area contributed by atoms with Gasteiger partial charge >= 0.3 is 0 Å². The summed E-state index contributed by atoms with van der Waals surface area (Å²) >= 11 is 0. The van der Waals surface area contributed by atoms with E-state index in [-0.39, 0.29) is 5.41 Å². The first kappa shape index (κ1) is 7.19. The van der Waals surface area contributed by atoms with Crippen LogP contribution < -0.4 is 0 Å². The quantitative estimate of drug-likeness (QED) is 0.487. The first-order chi connectivity index (χ1) is 4.71. The van der Waals surface area contributed by atoms with E-state index in [0.717, 1.165) is 6.42 Å². The van der Waals surface area contributed by atoms with Gasteiger partial charge in [0.1, 0.15) is 6.34 Å². The molecular weight excluding hydrogens is 124 g/mol. The summed E-state index contributed by atoms with van der Waals surface area (Å²) in [7, 11) is 0. The molecule has 0 amide bonds. The van der Waals surface area contributed by atoms with Crippen LogP contribution in [-0.4, -0.2) is 12.6 Å². The topological polar surface area (TPSA) is 24.7 Å². The van der Waals surface area contributed by atoms with Crippen LogP contribution in [0.2, 0.25) is 0 Å². The van der Waals surface area contributed by atoms with Crippen molar-refractivity contribution in [2.75, 3.05) is 0 Å². The summed E-state index contributed by atoms with van der Waals surface area (Å²) in [4.78, 5) is 7.91. The first-order valence-electron chi connectivity index (χ1n) is 3.42. The highest BCUT2D eigenvalue weighted by Gasteiger charge is 2.12. The van der Waals surface area contributed by atoms with Crippen LogP contribution in [0.25, 0.3) is 0 Å². The van der Waals surface area contributed by atoms with E-state index in [9.17, 15) is 0 Å². The summed E-state index contributed by atoms with van der Waals surface area (Å²) in [5, 5.41) is 0. The van der Waals surface area contributed by atoms with Gasteiger partial charge in [-0.15, -0.1) is 0 Å². The smallest absolute Gasteiger partial charge is 0.114 e. The van der Waals surface area contributed by atoms with E-state index in [0.29, 0.717) is 0 Å². The lowest BCUT2D eigenvalue weighted by molar-refractivity contribution is 0.545. The van der Waals surface area contributed by atoms with Crippen LogP contribution in [0.4, 0.5) is 0 Å². The molecule has 0 saturated carbocycles. The van der Waals surface area contributed by atoms with Crippen LogP contribution in [0.1, 0.15) is 20.3 Å². The molecule has 0 N–H and O–H groups in total. The number of nitrogens with zero attached hydrogens (tertiary/aromatic N) is 2. The van der Waals surface area contributed by atoms with Crippen LogP contribution >= 0.6 is 0 Å². The summed E-state index contributed by atoms with van der Waals surface area (Å²) in [6.45, 7) is 4.31. The lowest BCUT2D eigenvalue weighted by Crippen LogP contribution is -2.12. The minimum Gasteiger partial charge on any atom is -0.249 e.